The number of halogens is 2. The summed E-state index contributed by atoms with van der Waals surface area (Å²) in [5, 5.41) is 4.32. The quantitative estimate of drug-likeness (QED) is 0.604. The number of aromatic nitrogens is 2. The first-order valence-electron chi connectivity index (χ1n) is 9.24. The van der Waals surface area contributed by atoms with E-state index < -0.39 is 5.82 Å². The minimum absolute atomic E-state index is 0.180. The molecule has 2 heterocycles. The molecule has 0 radical (unpaired) electrons. The van der Waals surface area contributed by atoms with Crippen LogP contribution in [0.5, 0.6) is 5.75 Å². The van der Waals surface area contributed by atoms with Crippen LogP contribution in [0, 0.1) is 5.82 Å². The molecule has 1 unspecified atom stereocenters. The van der Waals surface area contributed by atoms with Gasteiger partial charge in [-0.15, -0.1) is 0 Å². The second-order valence-electron chi connectivity index (χ2n) is 6.90. The van der Waals surface area contributed by atoms with Gasteiger partial charge in [0.05, 0.1) is 12.8 Å². The zero-order valence-electron chi connectivity index (χ0n) is 15.8. The molecule has 2 aromatic carbocycles. The van der Waals surface area contributed by atoms with E-state index in [1.807, 2.05) is 24.3 Å². The number of carbonyl (C=O) groups is 1. The number of aryl methyl sites for hydroxylation is 2. The molecule has 1 atom stereocenters. The fraction of sp³-hybridized carbons (Fsp3) is 0.286. The molecule has 1 aliphatic rings. The van der Waals surface area contributed by atoms with Crippen molar-refractivity contribution in [1.29, 1.82) is 0 Å². The maximum atomic E-state index is 14.2. The summed E-state index contributed by atoms with van der Waals surface area (Å²) < 4.78 is 24.7. The normalized spacial score (nSPS) is 16.4. The van der Waals surface area contributed by atoms with Crippen LogP contribution in [0.3, 0.4) is 0 Å². The van der Waals surface area contributed by atoms with Crippen molar-refractivity contribution in [2.75, 3.05) is 18.6 Å². The molecule has 29 heavy (non-hydrogen) atoms. The number of hydrogen-bond donors (Lipinski definition) is 0. The first-order chi connectivity index (χ1) is 14.0. The van der Waals surface area contributed by atoms with Crippen LogP contribution in [-0.2, 0) is 17.6 Å². The molecule has 0 N–H and O–H groups in total. The number of amides is 1. The van der Waals surface area contributed by atoms with E-state index in [-0.39, 0.29) is 29.0 Å². The third-order valence-electron chi connectivity index (χ3n) is 4.96. The number of hydrogen-bond acceptors (Lipinski definition) is 5. The van der Waals surface area contributed by atoms with Crippen LogP contribution in [0.1, 0.15) is 29.6 Å². The largest absolute Gasteiger partial charge is 0.497 e. The zero-order valence-corrected chi connectivity index (χ0v) is 16.5. The fourth-order valence-corrected chi connectivity index (χ4v) is 3.55. The molecule has 0 spiro atoms. The Morgan fingerprint density at radius 1 is 1.24 bits per heavy atom. The summed E-state index contributed by atoms with van der Waals surface area (Å²) in [5.74, 6) is 0.845. The van der Waals surface area contributed by atoms with Crippen LogP contribution in [0.15, 0.2) is 47.0 Å². The van der Waals surface area contributed by atoms with Crippen LogP contribution >= 0.6 is 11.6 Å². The van der Waals surface area contributed by atoms with Gasteiger partial charge in [-0.05, 0) is 42.3 Å². The number of benzene rings is 2. The highest BCUT2D eigenvalue weighted by Gasteiger charge is 2.35. The third-order valence-corrected chi connectivity index (χ3v) is 5.20. The molecule has 0 bridgehead atoms. The van der Waals surface area contributed by atoms with Crippen molar-refractivity contribution in [2.45, 2.75) is 25.2 Å². The Morgan fingerprint density at radius 3 is 2.76 bits per heavy atom. The summed E-state index contributed by atoms with van der Waals surface area (Å²) in [6, 6.07) is 12.1. The molecular formula is C21H19ClFN3O3. The molecule has 6 nitrogen and oxygen atoms in total. The van der Waals surface area contributed by atoms with Crippen molar-refractivity contribution < 1.29 is 18.4 Å². The van der Waals surface area contributed by atoms with Gasteiger partial charge in [-0.25, -0.2) is 4.39 Å². The van der Waals surface area contributed by atoms with Gasteiger partial charge in [0.15, 0.2) is 5.82 Å². The zero-order chi connectivity index (χ0) is 20.4. The van der Waals surface area contributed by atoms with Crippen LogP contribution in [0.4, 0.5) is 10.1 Å². The minimum Gasteiger partial charge on any atom is -0.497 e. The Labute approximate surface area is 172 Å². The number of rotatable bonds is 6. The Kier molecular flexibility index (Phi) is 5.49. The van der Waals surface area contributed by atoms with E-state index in [1.165, 1.54) is 17.0 Å². The summed E-state index contributed by atoms with van der Waals surface area (Å²) in [7, 11) is 1.63. The molecule has 1 aliphatic heterocycles. The summed E-state index contributed by atoms with van der Waals surface area (Å²) in [6.45, 7) is 0.300. The molecule has 3 aromatic rings. The lowest BCUT2D eigenvalue weighted by Gasteiger charge is -2.17. The first-order valence-corrected chi connectivity index (χ1v) is 9.62. The average molecular weight is 416 g/mol. The lowest BCUT2D eigenvalue weighted by atomic mass is 10.1. The number of methoxy groups -OCH3 is 1. The first kappa shape index (κ1) is 19.4. The van der Waals surface area contributed by atoms with Crippen molar-refractivity contribution in [1.82, 2.24) is 10.1 Å². The van der Waals surface area contributed by atoms with Crippen molar-refractivity contribution >= 4 is 23.2 Å². The summed E-state index contributed by atoms with van der Waals surface area (Å²) >= 11 is 5.79. The standard InChI is InChI=1S/C21H19ClFN3O3/c1-28-16-6-2-13(3-7-16)4-9-19-24-21(25-29-19)14-10-20(27)26(12-14)18-8-5-15(22)11-17(18)23/h2-3,5-8,11,14H,4,9-10,12H2,1H3. The Morgan fingerprint density at radius 2 is 2.03 bits per heavy atom. The van der Waals surface area contributed by atoms with E-state index in [4.69, 9.17) is 20.9 Å². The van der Waals surface area contributed by atoms with E-state index in [0.29, 0.717) is 24.7 Å². The van der Waals surface area contributed by atoms with Gasteiger partial charge in [-0.1, -0.05) is 28.9 Å². The van der Waals surface area contributed by atoms with E-state index in [0.717, 1.165) is 17.7 Å². The van der Waals surface area contributed by atoms with Crippen molar-refractivity contribution in [3.05, 3.63) is 70.6 Å². The van der Waals surface area contributed by atoms with Crippen molar-refractivity contribution in [3.63, 3.8) is 0 Å². The van der Waals surface area contributed by atoms with Gasteiger partial charge in [0.1, 0.15) is 11.6 Å². The number of carbonyl (C=O) groups excluding carboxylic acids is 1. The van der Waals surface area contributed by atoms with Gasteiger partial charge in [0, 0.05) is 30.3 Å². The predicted molar refractivity (Wildman–Crippen MR) is 106 cm³/mol. The second kappa shape index (κ2) is 8.21. The van der Waals surface area contributed by atoms with E-state index in [2.05, 4.69) is 10.1 Å². The van der Waals surface area contributed by atoms with Gasteiger partial charge in [-0.3, -0.25) is 4.79 Å². The Hall–Kier alpha value is -2.93. The highest BCUT2D eigenvalue weighted by Crippen LogP contribution is 2.32. The number of nitrogens with zero attached hydrogens (tertiary/aromatic N) is 3. The van der Waals surface area contributed by atoms with Crippen LogP contribution in [0.25, 0.3) is 0 Å². The molecule has 1 aromatic heterocycles. The minimum atomic E-state index is -0.528. The van der Waals surface area contributed by atoms with Gasteiger partial charge in [0.2, 0.25) is 11.8 Å². The van der Waals surface area contributed by atoms with Crippen LogP contribution < -0.4 is 9.64 Å². The van der Waals surface area contributed by atoms with E-state index >= 15 is 0 Å². The maximum absolute atomic E-state index is 14.2. The average Bonchev–Trinajstić information content (AvgIpc) is 3.34. The molecule has 1 saturated heterocycles. The molecule has 8 heteroatoms. The van der Waals surface area contributed by atoms with Gasteiger partial charge in [-0.2, -0.15) is 4.98 Å². The highest BCUT2D eigenvalue weighted by molar-refractivity contribution is 6.30. The summed E-state index contributed by atoms with van der Waals surface area (Å²) in [4.78, 5) is 18.2. The van der Waals surface area contributed by atoms with Crippen molar-refractivity contribution in [2.24, 2.45) is 0 Å². The number of ether oxygens (including phenoxy) is 1. The molecule has 0 aliphatic carbocycles. The SMILES string of the molecule is COc1ccc(CCc2nc(C3CC(=O)N(c4ccc(Cl)cc4F)C3)no2)cc1. The molecule has 1 fully saturated rings. The molecular weight excluding hydrogens is 397 g/mol. The molecule has 1 amide bonds. The summed E-state index contributed by atoms with van der Waals surface area (Å²) in [6.07, 6.45) is 1.55. The maximum Gasteiger partial charge on any atom is 0.227 e. The summed E-state index contributed by atoms with van der Waals surface area (Å²) in [5.41, 5.74) is 1.34. The van der Waals surface area contributed by atoms with Crippen molar-refractivity contribution in [3.8, 4) is 5.75 Å². The smallest absolute Gasteiger partial charge is 0.227 e. The van der Waals surface area contributed by atoms with E-state index in [9.17, 15) is 9.18 Å². The Balaban J connectivity index is 1.40. The molecule has 0 saturated carbocycles. The van der Waals surface area contributed by atoms with Gasteiger partial charge >= 0.3 is 0 Å². The molecule has 4 rings (SSSR count). The topological polar surface area (TPSA) is 68.5 Å². The predicted octanol–water partition coefficient (Wildman–Crippen LogP) is 4.18. The van der Waals surface area contributed by atoms with Crippen LogP contribution in [0.2, 0.25) is 5.02 Å². The van der Waals surface area contributed by atoms with Gasteiger partial charge in [0.25, 0.3) is 0 Å². The highest BCUT2D eigenvalue weighted by atomic mass is 35.5. The fourth-order valence-electron chi connectivity index (χ4n) is 3.39. The molecule has 150 valence electrons. The monoisotopic (exact) mass is 415 g/mol. The lowest BCUT2D eigenvalue weighted by molar-refractivity contribution is -0.117. The van der Waals surface area contributed by atoms with E-state index in [1.54, 1.807) is 13.2 Å². The van der Waals surface area contributed by atoms with Crippen LogP contribution in [-0.4, -0.2) is 29.7 Å². The number of anilines is 1. The van der Waals surface area contributed by atoms with Gasteiger partial charge < -0.3 is 14.2 Å². The third kappa shape index (κ3) is 4.24. The lowest BCUT2D eigenvalue weighted by Crippen LogP contribution is -2.25. The Bertz CT molecular complexity index is 1020. The second-order valence-corrected chi connectivity index (χ2v) is 7.33.